The van der Waals surface area contributed by atoms with E-state index in [-0.39, 0.29) is 34.9 Å². The summed E-state index contributed by atoms with van der Waals surface area (Å²) in [5.74, 6) is -2.80. The molecule has 0 unspecified atom stereocenters. The molecule has 10 nitrogen and oxygen atoms in total. The fourth-order valence-electron chi connectivity index (χ4n) is 4.17. The molecule has 30 heavy (non-hydrogen) atoms. The molecule has 0 aliphatic carbocycles. The van der Waals surface area contributed by atoms with E-state index in [1.165, 1.54) is 4.90 Å². The van der Waals surface area contributed by atoms with Gasteiger partial charge in [0.2, 0.25) is 5.91 Å². The molecule has 0 radical (unpaired) electrons. The third kappa shape index (κ3) is 5.33. The van der Waals surface area contributed by atoms with Crippen molar-refractivity contribution in [2.24, 2.45) is 17.6 Å². The van der Waals surface area contributed by atoms with Crippen LogP contribution in [-0.2, 0) is 19.1 Å². The summed E-state index contributed by atoms with van der Waals surface area (Å²) in [7, 11) is 0. The molecule has 170 valence electrons. The van der Waals surface area contributed by atoms with E-state index in [1.807, 2.05) is 6.92 Å². The van der Waals surface area contributed by atoms with E-state index in [9.17, 15) is 19.8 Å². The zero-order valence-electron chi connectivity index (χ0n) is 17.4. The molecule has 3 aliphatic rings. The van der Waals surface area contributed by atoms with Gasteiger partial charge in [-0.05, 0) is 13.3 Å². The van der Waals surface area contributed by atoms with Gasteiger partial charge in [-0.3, -0.25) is 9.59 Å². The molecule has 0 aromatic heterocycles. The monoisotopic (exact) mass is 445 g/mol. The van der Waals surface area contributed by atoms with Crippen LogP contribution in [0.25, 0.3) is 0 Å². The molecule has 0 aromatic carbocycles. The van der Waals surface area contributed by atoms with E-state index in [0.29, 0.717) is 19.8 Å². The van der Waals surface area contributed by atoms with Crippen molar-refractivity contribution in [3.05, 3.63) is 10.6 Å². The van der Waals surface area contributed by atoms with Crippen molar-refractivity contribution in [3.8, 4) is 0 Å². The van der Waals surface area contributed by atoms with Gasteiger partial charge < -0.3 is 36.0 Å². The number of carbonyl (C=O) groups is 3. The number of aliphatic hydroxyl groups excluding tert-OH is 1. The summed E-state index contributed by atoms with van der Waals surface area (Å²) in [6.45, 7) is 7.00. The number of fused-ring (bicyclic) bond motifs is 1. The molecule has 0 aromatic rings. The maximum Gasteiger partial charge on any atom is 0.353 e. The van der Waals surface area contributed by atoms with E-state index >= 15 is 0 Å². The summed E-state index contributed by atoms with van der Waals surface area (Å²) in [5, 5.41) is 30.6. The molecule has 1 amide bonds. The van der Waals surface area contributed by atoms with Gasteiger partial charge >= 0.3 is 5.97 Å². The van der Waals surface area contributed by atoms with Gasteiger partial charge in [0.15, 0.2) is 0 Å². The predicted molar refractivity (Wildman–Crippen MR) is 111 cm³/mol. The van der Waals surface area contributed by atoms with Crippen LogP contribution in [0.4, 0.5) is 0 Å². The smallest absolute Gasteiger partial charge is 0.353 e. The average Bonchev–Trinajstić information content (AvgIpc) is 3.17. The number of hydrogen-bond acceptors (Lipinski definition) is 8. The molecule has 6 atom stereocenters. The van der Waals surface area contributed by atoms with Crippen LogP contribution in [0, 0.1) is 11.8 Å². The van der Waals surface area contributed by atoms with Gasteiger partial charge in [0, 0.05) is 42.1 Å². The Bertz CT molecular complexity index is 696. The fourth-order valence-corrected chi connectivity index (χ4v) is 5.68. The number of hydrogen-bond donors (Lipinski definition) is 5. The number of carboxylic acid groups (broad SMARTS) is 2. The summed E-state index contributed by atoms with van der Waals surface area (Å²) < 4.78 is 5.48. The van der Waals surface area contributed by atoms with Crippen molar-refractivity contribution in [1.82, 2.24) is 10.2 Å². The number of aliphatic carboxylic acids is 2. The minimum Gasteiger partial charge on any atom is -0.481 e. The minimum absolute atomic E-state index is 0.0871. The molecule has 0 bridgehead atoms. The third-order valence-electron chi connectivity index (χ3n) is 5.37. The highest BCUT2D eigenvalue weighted by molar-refractivity contribution is 8.03. The van der Waals surface area contributed by atoms with Gasteiger partial charge in [0.1, 0.15) is 5.70 Å². The number of β-lactam (4-membered cyclic amide) rings is 1. The lowest BCUT2D eigenvalue weighted by atomic mass is 9.79. The second-order valence-electron chi connectivity index (χ2n) is 7.74. The first kappa shape index (κ1) is 24.6. The molecule has 6 N–H and O–H groups in total. The summed E-state index contributed by atoms with van der Waals surface area (Å²) >= 11 is 1.55. The summed E-state index contributed by atoms with van der Waals surface area (Å²) in [6.07, 6.45) is 0.0967. The van der Waals surface area contributed by atoms with Crippen LogP contribution in [0.2, 0.25) is 0 Å². The quantitative estimate of drug-likeness (QED) is 0.247. The lowest BCUT2D eigenvalue weighted by molar-refractivity contribution is -0.163. The second-order valence-corrected chi connectivity index (χ2v) is 9.08. The van der Waals surface area contributed by atoms with Gasteiger partial charge in [-0.2, -0.15) is 0 Å². The molecule has 11 heteroatoms. The van der Waals surface area contributed by atoms with Crippen molar-refractivity contribution in [1.29, 1.82) is 0 Å². The summed E-state index contributed by atoms with van der Waals surface area (Å²) in [4.78, 5) is 35.3. The molecule has 2 fully saturated rings. The van der Waals surface area contributed by atoms with Crippen LogP contribution in [0.3, 0.4) is 0 Å². The van der Waals surface area contributed by atoms with E-state index in [0.717, 1.165) is 24.8 Å². The zero-order valence-corrected chi connectivity index (χ0v) is 18.2. The minimum atomic E-state index is -1.08. The molecule has 0 saturated carbocycles. The Balaban J connectivity index is 0.000000735. The maximum absolute atomic E-state index is 12.3. The van der Waals surface area contributed by atoms with E-state index < -0.39 is 24.0 Å². The van der Waals surface area contributed by atoms with Gasteiger partial charge in [0.25, 0.3) is 5.97 Å². The Morgan fingerprint density at radius 2 is 2.03 bits per heavy atom. The van der Waals surface area contributed by atoms with Crippen molar-refractivity contribution >= 4 is 29.6 Å². The highest BCUT2D eigenvalue weighted by Gasteiger charge is 2.60. The number of rotatable bonds is 8. The van der Waals surface area contributed by atoms with Crippen molar-refractivity contribution in [2.45, 2.75) is 50.6 Å². The Morgan fingerprint density at radius 1 is 1.40 bits per heavy atom. The summed E-state index contributed by atoms with van der Waals surface area (Å²) in [5.41, 5.74) is 5.52. The van der Waals surface area contributed by atoms with Crippen LogP contribution in [-0.4, -0.2) is 87.8 Å². The Labute approximate surface area is 179 Å². The number of amides is 1. The van der Waals surface area contributed by atoms with Gasteiger partial charge in [-0.25, -0.2) is 4.79 Å². The Kier molecular flexibility index (Phi) is 8.68. The lowest BCUT2D eigenvalue weighted by Crippen LogP contribution is -2.63. The number of nitrogens with one attached hydrogen (secondary N) is 1. The maximum atomic E-state index is 12.3. The van der Waals surface area contributed by atoms with E-state index in [1.54, 1.807) is 18.7 Å². The normalized spacial score (nSPS) is 31.0. The fraction of sp³-hybridized carbons (Fsp3) is 0.737. The first-order valence-electron chi connectivity index (χ1n) is 9.96. The first-order valence-corrected chi connectivity index (χ1v) is 10.8. The van der Waals surface area contributed by atoms with Crippen LogP contribution in [0.15, 0.2) is 10.6 Å². The Morgan fingerprint density at radius 3 is 2.57 bits per heavy atom. The molecule has 3 aliphatic heterocycles. The Hall–Kier alpha value is -1.66. The lowest BCUT2D eigenvalue weighted by Gasteiger charge is -2.46. The number of nitrogens with two attached hydrogens (primary N) is 1. The molecular weight excluding hydrogens is 414 g/mol. The molecular formula is C19H31N3O7S. The highest BCUT2D eigenvalue weighted by Crippen LogP contribution is 2.51. The topological polar surface area (TPSA) is 162 Å². The number of carboxylic acids is 2. The zero-order chi connectivity index (χ0) is 22.6. The number of nitrogens with zero attached hydrogens (tertiary/aromatic N) is 1. The second kappa shape index (κ2) is 10.6. The number of aliphatic hydroxyl groups is 1. The number of ether oxygens (including phenoxy) is 1. The number of thioether (sulfide) groups is 1. The van der Waals surface area contributed by atoms with Gasteiger partial charge in [-0.1, -0.05) is 6.92 Å². The number of carbonyl (C=O) groups excluding carboxylic acids is 1. The molecule has 3 rings (SSSR count). The predicted octanol–water partition coefficient (Wildman–Crippen LogP) is -0.330. The SMILES string of the molecule is CC(=O)O.C[C@@H](O)[C@H]1C(=O)N2C(C(=O)O)=C(S[C@@H]3CN[C@H](COCCN)C3)[C@H](C)[C@H]12. The van der Waals surface area contributed by atoms with Crippen LogP contribution < -0.4 is 11.1 Å². The first-order chi connectivity index (χ1) is 14.1. The molecule has 3 heterocycles. The standard InChI is InChI=1S/C17H27N3O5S.C2H4O2/c1-8-13-12(9(2)21)16(22)20(13)14(17(23)24)15(8)26-11-5-10(19-6-11)7-25-4-3-18;1-2(3)4/h8-13,19,21H,3-7,18H2,1-2H3,(H,23,24);1H3,(H,3,4)/t8-,9-,10+,11+,12-,13-;/m1./s1. The van der Waals surface area contributed by atoms with Crippen molar-refractivity contribution < 1.29 is 34.4 Å². The third-order valence-corrected chi connectivity index (χ3v) is 6.88. The van der Waals surface area contributed by atoms with Crippen LogP contribution >= 0.6 is 11.8 Å². The van der Waals surface area contributed by atoms with E-state index in [4.69, 9.17) is 20.4 Å². The highest BCUT2D eigenvalue weighted by atomic mass is 32.2. The van der Waals surface area contributed by atoms with Crippen LogP contribution in [0.1, 0.15) is 27.2 Å². The van der Waals surface area contributed by atoms with Crippen molar-refractivity contribution in [3.63, 3.8) is 0 Å². The van der Waals surface area contributed by atoms with Gasteiger partial charge in [-0.15, -0.1) is 11.8 Å². The average molecular weight is 446 g/mol. The van der Waals surface area contributed by atoms with Crippen molar-refractivity contribution in [2.75, 3.05) is 26.3 Å². The van der Waals surface area contributed by atoms with Gasteiger partial charge in [0.05, 0.1) is 31.3 Å². The van der Waals surface area contributed by atoms with Crippen LogP contribution in [0.5, 0.6) is 0 Å². The molecule has 2 saturated heterocycles. The molecule has 0 spiro atoms. The largest absolute Gasteiger partial charge is 0.481 e. The van der Waals surface area contributed by atoms with E-state index in [2.05, 4.69) is 5.32 Å². The summed E-state index contributed by atoms with van der Waals surface area (Å²) in [6, 6.07) is -0.0253.